The van der Waals surface area contributed by atoms with Crippen molar-refractivity contribution < 1.29 is 14.6 Å². The summed E-state index contributed by atoms with van der Waals surface area (Å²) in [7, 11) is 0. The van der Waals surface area contributed by atoms with Crippen LogP contribution in [0.15, 0.2) is 48.7 Å². The summed E-state index contributed by atoms with van der Waals surface area (Å²) in [5.74, 6) is 0.654. The van der Waals surface area contributed by atoms with Gasteiger partial charge in [-0.3, -0.25) is 4.79 Å². The molecular weight excluding hydrogens is 428 g/mol. The van der Waals surface area contributed by atoms with E-state index in [0.29, 0.717) is 30.4 Å². The second kappa shape index (κ2) is 11.4. The molecule has 0 saturated carbocycles. The number of aliphatic hydroxyl groups excluding tert-OH is 1. The zero-order valence-electron chi connectivity index (χ0n) is 18.9. The summed E-state index contributed by atoms with van der Waals surface area (Å²) in [5, 5.41) is 15.5. The van der Waals surface area contributed by atoms with Gasteiger partial charge in [0.15, 0.2) is 6.61 Å². The highest BCUT2D eigenvalue weighted by molar-refractivity contribution is 6.30. The van der Waals surface area contributed by atoms with Crippen molar-refractivity contribution in [2.45, 2.75) is 39.3 Å². The molecule has 7 heteroatoms. The molecule has 0 bridgehead atoms. The number of halogens is 1. The predicted molar refractivity (Wildman–Crippen MR) is 129 cm³/mol. The first-order chi connectivity index (χ1) is 15.4. The Morgan fingerprint density at radius 2 is 2.00 bits per heavy atom. The number of benzene rings is 2. The third kappa shape index (κ3) is 6.03. The number of hydrogen-bond donors (Lipinski definition) is 3. The summed E-state index contributed by atoms with van der Waals surface area (Å²) in [5.41, 5.74) is 2.84. The average Bonchev–Trinajstić information content (AvgIpc) is 3.20. The minimum absolute atomic E-state index is 0.0186. The second-order valence-electron chi connectivity index (χ2n) is 7.93. The Kier molecular flexibility index (Phi) is 8.56. The molecule has 3 rings (SSSR count). The van der Waals surface area contributed by atoms with E-state index in [1.807, 2.05) is 50.4 Å². The SMILES string of the molecule is CCN(CC)C(=O)COc1cccc2c(C[C@@H](C)NC[14C@@H](O)c3cccc(Cl)c3)c[nH]c12. The first-order valence-electron chi connectivity index (χ1n) is 11.1. The first kappa shape index (κ1) is 24.1. The van der Waals surface area contributed by atoms with Crippen LogP contribution in [-0.2, 0) is 11.2 Å². The van der Waals surface area contributed by atoms with E-state index in [9.17, 15) is 9.90 Å². The molecule has 3 N–H and O–H groups in total. The number of carbonyl (C=O) groups excluding carboxylic acids is 1. The van der Waals surface area contributed by atoms with Crippen LogP contribution >= 0.6 is 11.6 Å². The number of para-hydroxylation sites is 1. The monoisotopic (exact) mass is 459 g/mol. The molecule has 0 spiro atoms. The van der Waals surface area contributed by atoms with Crippen molar-refractivity contribution in [3.8, 4) is 5.75 Å². The number of carbonyl (C=O) groups is 1. The zero-order chi connectivity index (χ0) is 23.1. The summed E-state index contributed by atoms with van der Waals surface area (Å²) in [6, 6.07) is 13.3. The fourth-order valence-electron chi connectivity index (χ4n) is 3.83. The van der Waals surface area contributed by atoms with Gasteiger partial charge < -0.3 is 25.0 Å². The van der Waals surface area contributed by atoms with Crippen LogP contribution in [0.2, 0.25) is 5.02 Å². The van der Waals surface area contributed by atoms with E-state index in [1.54, 1.807) is 17.0 Å². The van der Waals surface area contributed by atoms with Crippen LogP contribution in [0.4, 0.5) is 0 Å². The first-order valence-corrected chi connectivity index (χ1v) is 11.5. The van der Waals surface area contributed by atoms with E-state index in [1.165, 1.54) is 0 Å². The molecule has 0 unspecified atom stereocenters. The fraction of sp³-hybridized carbons (Fsp3) is 0.400. The summed E-state index contributed by atoms with van der Waals surface area (Å²) >= 11 is 6.02. The molecule has 172 valence electrons. The Hall–Kier alpha value is -2.54. The van der Waals surface area contributed by atoms with Crippen LogP contribution in [0.1, 0.15) is 38.0 Å². The standard InChI is InChI=1S/C25H32ClN3O3/c1-4-29(5-2)24(31)16-32-23-11-7-10-21-19(14-28-25(21)23)12-17(3)27-15-22(30)18-8-6-9-20(26)13-18/h6-11,13-14,17,22,27-28,30H,4-5,12,15-16H2,1-3H3/t17-,22-/m1/s1/i22+2. The quantitative estimate of drug-likeness (QED) is 0.399. The van der Waals surface area contributed by atoms with E-state index >= 15 is 0 Å². The number of aliphatic hydroxyl groups is 1. The van der Waals surface area contributed by atoms with Gasteiger partial charge in [-0.25, -0.2) is 0 Å². The predicted octanol–water partition coefficient (Wildman–Crippen LogP) is 4.32. The van der Waals surface area contributed by atoms with Crippen molar-refractivity contribution in [2.75, 3.05) is 26.2 Å². The van der Waals surface area contributed by atoms with E-state index < -0.39 is 6.10 Å². The lowest BCUT2D eigenvalue weighted by Crippen LogP contribution is -2.34. The third-order valence-electron chi connectivity index (χ3n) is 5.65. The number of likely N-dealkylation sites (N-methyl/N-ethyl adjacent to an activating group) is 1. The average molecular weight is 460 g/mol. The smallest absolute Gasteiger partial charge is 0.260 e. The normalized spacial score (nSPS) is 13.2. The summed E-state index contributed by atoms with van der Waals surface area (Å²) in [6.45, 7) is 7.82. The lowest BCUT2D eigenvalue weighted by Gasteiger charge is -2.19. The Balaban J connectivity index is 1.60. The van der Waals surface area contributed by atoms with Crippen molar-refractivity contribution >= 4 is 28.4 Å². The Labute approximate surface area is 194 Å². The highest BCUT2D eigenvalue weighted by atomic mass is 35.5. The minimum Gasteiger partial charge on any atom is -0.482 e. The molecule has 0 aliphatic carbocycles. The van der Waals surface area contributed by atoms with E-state index in [0.717, 1.165) is 28.5 Å². The van der Waals surface area contributed by atoms with Crippen molar-refractivity contribution in [3.05, 3.63) is 64.8 Å². The number of ether oxygens (including phenoxy) is 1. The van der Waals surface area contributed by atoms with Gasteiger partial charge in [-0.15, -0.1) is 0 Å². The largest absolute Gasteiger partial charge is 0.482 e. The van der Waals surface area contributed by atoms with Gasteiger partial charge in [0.05, 0.1) is 11.6 Å². The van der Waals surface area contributed by atoms with E-state index in [2.05, 4.69) is 17.2 Å². The van der Waals surface area contributed by atoms with Crippen molar-refractivity contribution in [1.82, 2.24) is 15.2 Å². The second-order valence-corrected chi connectivity index (χ2v) is 8.37. The highest BCUT2D eigenvalue weighted by Gasteiger charge is 2.15. The van der Waals surface area contributed by atoms with Gasteiger partial charge in [0, 0.05) is 42.3 Å². The number of hydrogen-bond acceptors (Lipinski definition) is 4. The molecule has 2 atom stereocenters. The topological polar surface area (TPSA) is 77.6 Å². The van der Waals surface area contributed by atoms with Crippen LogP contribution < -0.4 is 10.1 Å². The summed E-state index contributed by atoms with van der Waals surface area (Å²) in [4.78, 5) is 17.3. The molecule has 32 heavy (non-hydrogen) atoms. The highest BCUT2D eigenvalue weighted by Crippen LogP contribution is 2.28. The van der Waals surface area contributed by atoms with Crippen molar-refractivity contribution in [3.63, 3.8) is 0 Å². The molecule has 1 heterocycles. The van der Waals surface area contributed by atoms with Gasteiger partial charge in [0.1, 0.15) is 5.75 Å². The number of amides is 1. The van der Waals surface area contributed by atoms with Gasteiger partial charge in [0.2, 0.25) is 0 Å². The van der Waals surface area contributed by atoms with Crippen LogP contribution in [-0.4, -0.2) is 53.2 Å². The third-order valence-corrected chi connectivity index (χ3v) is 5.88. The van der Waals surface area contributed by atoms with Gasteiger partial charge in [0.25, 0.3) is 5.91 Å². The Bertz CT molecular complexity index is 1030. The number of nitrogens with one attached hydrogen (secondary N) is 2. The Morgan fingerprint density at radius 1 is 1.25 bits per heavy atom. The fourth-order valence-corrected chi connectivity index (χ4v) is 4.03. The summed E-state index contributed by atoms with van der Waals surface area (Å²) in [6.07, 6.45) is 2.14. The van der Waals surface area contributed by atoms with E-state index in [-0.39, 0.29) is 18.6 Å². The molecule has 3 aromatic rings. The molecule has 0 aliphatic heterocycles. The summed E-state index contributed by atoms with van der Waals surface area (Å²) < 4.78 is 5.84. The number of aromatic nitrogens is 1. The molecule has 6 nitrogen and oxygen atoms in total. The number of H-pyrrole nitrogens is 1. The molecule has 0 aliphatic rings. The van der Waals surface area contributed by atoms with Crippen LogP contribution in [0, 0.1) is 0 Å². The number of nitrogens with zero attached hydrogens (tertiary/aromatic N) is 1. The van der Waals surface area contributed by atoms with Crippen molar-refractivity contribution in [1.29, 1.82) is 0 Å². The molecule has 0 fully saturated rings. The van der Waals surface area contributed by atoms with Gasteiger partial charge in [-0.05, 0) is 56.5 Å². The molecule has 2 aromatic carbocycles. The van der Waals surface area contributed by atoms with Crippen LogP contribution in [0.3, 0.4) is 0 Å². The number of rotatable bonds is 11. The minimum atomic E-state index is -0.623. The molecule has 1 amide bonds. The maximum Gasteiger partial charge on any atom is 0.260 e. The van der Waals surface area contributed by atoms with Crippen molar-refractivity contribution in [2.24, 2.45) is 0 Å². The maximum absolute atomic E-state index is 12.3. The lowest BCUT2D eigenvalue weighted by molar-refractivity contribution is -0.132. The number of aromatic amines is 1. The Morgan fingerprint density at radius 3 is 2.72 bits per heavy atom. The zero-order valence-corrected chi connectivity index (χ0v) is 19.7. The van der Waals surface area contributed by atoms with E-state index in [4.69, 9.17) is 16.3 Å². The molecule has 0 saturated heterocycles. The molecule has 1 aromatic heterocycles. The van der Waals surface area contributed by atoms with Gasteiger partial charge in [-0.1, -0.05) is 35.9 Å². The number of fused-ring (bicyclic) bond motifs is 1. The van der Waals surface area contributed by atoms with Crippen LogP contribution in [0.25, 0.3) is 10.9 Å². The lowest BCUT2D eigenvalue weighted by atomic mass is 10.1. The maximum atomic E-state index is 12.3. The molecule has 0 radical (unpaired) electrons. The van der Waals surface area contributed by atoms with Gasteiger partial charge >= 0.3 is 0 Å². The molecular formula is C25H32ClN3O3. The van der Waals surface area contributed by atoms with Crippen LogP contribution in [0.5, 0.6) is 5.75 Å². The van der Waals surface area contributed by atoms with Gasteiger partial charge in [-0.2, -0.15) is 0 Å².